The third-order valence-corrected chi connectivity index (χ3v) is 5.77. The Bertz CT molecular complexity index is 1610. The Morgan fingerprint density at radius 2 is 1.63 bits per heavy atom. The van der Waals surface area contributed by atoms with Crippen LogP contribution in [0.3, 0.4) is 0 Å². The molecule has 1 aromatic heterocycles. The third-order valence-electron chi connectivity index (χ3n) is 5.77. The summed E-state index contributed by atoms with van der Waals surface area (Å²) in [4.78, 5) is 25.4. The second-order valence-corrected chi connectivity index (χ2v) is 8.19. The van der Waals surface area contributed by atoms with Crippen molar-refractivity contribution in [2.75, 3.05) is 12.4 Å². The molecule has 0 spiro atoms. The molecule has 0 aliphatic carbocycles. The van der Waals surface area contributed by atoms with Gasteiger partial charge in [-0.05, 0) is 35.9 Å². The number of hydrogen-bond acceptors (Lipinski definition) is 5. The van der Waals surface area contributed by atoms with Gasteiger partial charge in [0.05, 0.1) is 19.2 Å². The number of amides is 2. The van der Waals surface area contributed by atoms with Gasteiger partial charge < -0.3 is 14.5 Å². The van der Waals surface area contributed by atoms with Gasteiger partial charge >= 0.3 is 0 Å². The Labute approximate surface area is 201 Å². The average Bonchev–Trinajstić information content (AvgIpc) is 3.23. The summed E-state index contributed by atoms with van der Waals surface area (Å²) in [5.74, 6) is -0.103. The number of hydrogen-bond donors (Lipinski definition) is 2. The topological polar surface area (TPSA) is 92.9 Å². The summed E-state index contributed by atoms with van der Waals surface area (Å²) in [6.45, 7) is 1.68. The molecule has 0 fully saturated rings. The number of anilines is 1. The fraction of sp³-hybridized carbons (Fsp3) is 0.107. The van der Waals surface area contributed by atoms with Gasteiger partial charge in [-0.15, -0.1) is 0 Å². The fourth-order valence-electron chi connectivity index (χ4n) is 4.11. The van der Waals surface area contributed by atoms with Crippen LogP contribution in [0.2, 0.25) is 0 Å². The highest BCUT2D eigenvalue weighted by atomic mass is 16.5. The van der Waals surface area contributed by atoms with E-state index in [4.69, 9.17) is 9.15 Å². The number of para-hydroxylation sites is 1. The van der Waals surface area contributed by atoms with E-state index in [0.717, 1.165) is 27.1 Å². The van der Waals surface area contributed by atoms with Crippen molar-refractivity contribution >= 4 is 55.9 Å². The van der Waals surface area contributed by atoms with Crippen LogP contribution in [-0.2, 0) is 4.79 Å². The average molecular weight is 466 g/mol. The van der Waals surface area contributed by atoms with Crippen molar-refractivity contribution in [3.63, 3.8) is 0 Å². The van der Waals surface area contributed by atoms with Crippen LogP contribution in [0.25, 0.3) is 32.7 Å². The van der Waals surface area contributed by atoms with E-state index in [9.17, 15) is 9.59 Å². The van der Waals surface area contributed by atoms with Crippen LogP contribution in [0, 0.1) is 0 Å². The smallest absolute Gasteiger partial charge is 0.271 e. The lowest BCUT2D eigenvalue weighted by Gasteiger charge is -2.10. The monoisotopic (exact) mass is 465 g/mol. The van der Waals surface area contributed by atoms with Gasteiger partial charge in [0.1, 0.15) is 16.9 Å². The molecule has 1 heterocycles. The lowest BCUT2D eigenvalue weighted by atomic mass is 10.0. The minimum Gasteiger partial charge on any atom is -0.495 e. The Balaban J connectivity index is 1.29. The molecule has 4 aromatic carbocycles. The van der Waals surface area contributed by atoms with Gasteiger partial charge in [0.15, 0.2) is 0 Å². The number of hydrazone groups is 1. The standard InChI is InChI=1S/C28H23N3O4/c1-17(30-31-28(33)21-12-7-9-18-8-3-4-10-19(18)21)14-27(32)29-23-16-25-22(15-26(23)34-2)20-11-5-6-13-24(20)35-25/h3-13,15-16H,14H2,1-2H3,(H,29,32)(H,31,33)/b30-17-. The predicted molar refractivity (Wildman–Crippen MR) is 138 cm³/mol. The maximum absolute atomic E-state index is 12.7. The van der Waals surface area contributed by atoms with Crippen LogP contribution >= 0.6 is 0 Å². The SMILES string of the molecule is COc1cc2c(cc1NC(=O)C/C(C)=N\NC(=O)c1cccc3ccccc13)oc1ccccc12. The predicted octanol–water partition coefficient (Wildman–Crippen LogP) is 5.88. The summed E-state index contributed by atoms with van der Waals surface area (Å²) >= 11 is 0. The molecule has 5 rings (SSSR count). The van der Waals surface area contributed by atoms with Crippen molar-refractivity contribution in [3.8, 4) is 5.75 Å². The lowest BCUT2D eigenvalue weighted by molar-refractivity contribution is -0.115. The zero-order valence-corrected chi connectivity index (χ0v) is 19.3. The van der Waals surface area contributed by atoms with Crippen LogP contribution in [0.1, 0.15) is 23.7 Å². The molecule has 174 valence electrons. The first-order chi connectivity index (χ1) is 17.0. The highest BCUT2D eigenvalue weighted by Crippen LogP contribution is 2.36. The van der Waals surface area contributed by atoms with Gasteiger partial charge in [0.2, 0.25) is 5.91 Å². The van der Waals surface area contributed by atoms with Gasteiger partial charge in [0.25, 0.3) is 5.91 Å². The molecule has 0 unspecified atom stereocenters. The second-order valence-electron chi connectivity index (χ2n) is 8.19. The van der Waals surface area contributed by atoms with Crippen LogP contribution in [0.5, 0.6) is 5.75 Å². The number of methoxy groups -OCH3 is 1. The minimum absolute atomic E-state index is 0.00284. The maximum atomic E-state index is 12.7. The molecule has 0 aliphatic heterocycles. The molecule has 0 radical (unpaired) electrons. The Hall–Kier alpha value is -4.65. The zero-order valence-electron chi connectivity index (χ0n) is 19.3. The van der Waals surface area contributed by atoms with E-state index >= 15 is 0 Å². The third kappa shape index (κ3) is 4.44. The quantitative estimate of drug-likeness (QED) is 0.242. The van der Waals surface area contributed by atoms with Crippen molar-refractivity contribution in [2.45, 2.75) is 13.3 Å². The van der Waals surface area contributed by atoms with Crippen molar-refractivity contribution in [2.24, 2.45) is 5.10 Å². The molecule has 35 heavy (non-hydrogen) atoms. The number of nitrogens with one attached hydrogen (secondary N) is 2. The summed E-state index contributed by atoms with van der Waals surface area (Å²) in [6.07, 6.45) is -0.00284. The van der Waals surface area contributed by atoms with Gasteiger partial charge in [-0.3, -0.25) is 9.59 Å². The zero-order chi connectivity index (χ0) is 24.4. The highest BCUT2D eigenvalue weighted by Gasteiger charge is 2.15. The lowest BCUT2D eigenvalue weighted by Crippen LogP contribution is -2.21. The van der Waals surface area contributed by atoms with Crippen LogP contribution < -0.4 is 15.5 Å². The highest BCUT2D eigenvalue weighted by molar-refractivity contribution is 6.11. The van der Waals surface area contributed by atoms with Crippen LogP contribution in [0.15, 0.2) is 88.4 Å². The number of carbonyl (C=O) groups is 2. The van der Waals surface area contributed by atoms with Crippen molar-refractivity contribution in [1.29, 1.82) is 0 Å². The van der Waals surface area contributed by atoms with Crippen LogP contribution in [0.4, 0.5) is 5.69 Å². The number of fused-ring (bicyclic) bond motifs is 4. The van der Waals surface area contributed by atoms with E-state index in [2.05, 4.69) is 15.8 Å². The number of benzene rings is 4. The van der Waals surface area contributed by atoms with E-state index < -0.39 is 0 Å². The summed E-state index contributed by atoms with van der Waals surface area (Å²) < 4.78 is 11.4. The number of carbonyl (C=O) groups excluding carboxylic acids is 2. The van der Waals surface area contributed by atoms with Crippen molar-refractivity contribution in [1.82, 2.24) is 5.43 Å². The van der Waals surface area contributed by atoms with E-state index in [1.807, 2.05) is 66.7 Å². The molecular weight excluding hydrogens is 442 g/mol. The number of ether oxygens (including phenoxy) is 1. The Morgan fingerprint density at radius 3 is 2.46 bits per heavy atom. The fourth-order valence-corrected chi connectivity index (χ4v) is 4.11. The molecule has 0 saturated heterocycles. The summed E-state index contributed by atoms with van der Waals surface area (Å²) in [6, 6.07) is 24.5. The number of rotatable bonds is 6. The maximum Gasteiger partial charge on any atom is 0.271 e. The molecule has 7 nitrogen and oxygen atoms in total. The molecule has 0 atom stereocenters. The van der Waals surface area contributed by atoms with E-state index in [1.165, 1.54) is 0 Å². The normalized spacial score (nSPS) is 11.7. The number of furan rings is 1. The Morgan fingerprint density at radius 1 is 0.886 bits per heavy atom. The van der Waals surface area contributed by atoms with Gasteiger partial charge in [-0.25, -0.2) is 5.43 Å². The minimum atomic E-state index is -0.335. The molecule has 0 saturated carbocycles. The first kappa shape index (κ1) is 22.2. The molecule has 0 aliphatic rings. The van der Waals surface area contributed by atoms with Gasteiger partial charge in [-0.2, -0.15) is 5.10 Å². The summed E-state index contributed by atoms with van der Waals surface area (Å²) in [7, 11) is 1.55. The number of nitrogens with zero attached hydrogens (tertiary/aromatic N) is 1. The molecule has 2 N–H and O–H groups in total. The first-order valence-electron chi connectivity index (χ1n) is 11.1. The van der Waals surface area contributed by atoms with Gasteiger partial charge in [-0.1, -0.05) is 54.6 Å². The van der Waals surface area contributed by atoms with Crippen molar-refractivity contribution < 1.29 is 18.7 Å². The van der Waals surface area contributed by atoms with E-state index in [1.54, 1.807) is 26.2 Å². The largest absolute Gasteiger partial charge is 0.495 e. The van der Waals surface area contributed by atoms with Crippen LogP contribution in [-0.4, -0.2) is 24.6 Å². The summed E-state index contributed by atoms with van der Waals surface area (Å²) in [5.41, 5.74) is 5.44. The molecular formula is C28H23N3O4. The molecule has 5 aromatic rings. The van der Waals surface area contributed by atoms with Crippen molar-refractivity contribution in [3.05, 3.63) is 84.4 Å². The Kier molecular flexibility index (Phi) is 5.89. The van der Waals surface area contributed by atoms with Gasteiger partial charge in [0, 0.05) is 28.1 Å². The van der Waals surface area contributed by atoms with E-state index in [0.29, 0.717) is 28.3 Å². The van der Waals surface area contributed by atoms with E-state index in [-0.39, 0.29) is 18.2 Å². The molecule has 0 bridgehead atoms. The first-order valence-corrected chi connectivity index (χ1v) is 11.1. The second kappa shape index (κ2) is 9.30. The summed E-state index contributed by atoms with van der Waals surface area (Å²) in [5, 5.41) is 10.7. The molecule has 2 amide bonds. The molecule has 7 heteroatoms.